The summed E-state index contributed by atoms with van der Waals surface area (Å²) >= 11 is 0. The smallest absolute Gasteiger partial charge is 0.323 e. The minimum atomic E-state index is -1.01. The molecule has 2 unspecified atom stereocenters. The second-order valence-electron chi connectivity index (χ2n) is 5.95. The van der Waals surface area contributed by atoms with Gasteiger partial charge in [-0.25, -0.2) is 0 Å². The lowest BCUT2D eigenvalue weighted by Crippen LogP contribution is -2.43. The Balaban J connectivity index is 1.94. The van der Waals surface area contributed by atoms with Gasteiger partial charge < -0.3 is 19.6 Å². The third-order valence-corrected chi connectivity index (χ3v) is 4.37. The van der Waals surface area contributed by atoms with Crippen molar-refractivity contribution >= 4 is 17.8 Å². The molecule has 2 fully saturated rings. The molecule has 0 aromatic heterocycles. The van der Waals surface area contributed by atoms with Gasteiger partial charge in [0.15, 0.2) is 0 Å². The van der Waals surface area contributed by atoms with Crippen LogP contribution in [-0.4, -0.2) is 71.1 Å². The highest BCUT2D eigenvalue weighted by Gasteiger charge is 2.31. The van der Waals surface area contributed by atoms with E-state index in [9.17, 15) is 14.4 Å². The summed E-state index contributed by atoms with van der Waals surface area (Å²) in [6, 6.07) is -0.115. The minimum Gasteiger partial charge on any atom is -0.480 e. The van der Waals surface area contributed by atoms with Crippen LogP contribution in [0.2, 0.25) is 0 Å². The predicted molar refractivity (Wildman–Crippen MR) is 78.2 cm³/mol. The van der Waals surface area contributed by atoms with E-state index in [1.165, 1.54) is 11.8 Å². The van der Waals surface area contributed by atoms with E-state index < -0.39 is 5.97 Å². The molecule has 0 saturated carbocycles. The molecule has 2 aliphatic heterocycles. The number of amides is 2. The fourth-order valence-corrected chi connectivity index (χ4v) is 3.23. The molecule has 2 rings (SSSR count). The first kappa shape index (κ1) is 16.7. The number of hydrogen-bond acceptors (Lipinski definition) is 4. The quantitative estimate of drug-likeness (QED) is 0.816. The second-order valence-corrected chi connectivity index (χ2v) is 5.95. The van der Waals surface area contributed by atoms with E-state index in [0.29, 0.717) is 26.1 Å². The highest BCUT2D eigenvalue weighted by molar-refractivity contribution is 5.81. The van der Waals surface area contributed by atoms with Crippen LogP contribution in [0.25, 0.3) is 0 Å². The SMILES string of the molecule is CC(=O)N(CC(=O)O)C1CCCN(C(=O)C2CCCO2)CC1. The van der Waals surface area contributed by atoms with Gasteiger partial charge >= 0.3 is 5.97 Å². The molecule has 2 heterocycles. The molecule has 2 aliphatic rings. The number of carbonyl (C=O) groups excluding carboxylic acids is 2. The van der Waals surface area contributed by atoms with Gasteiger partial charge in [-0.1, -0.05) is 0 Å². The monoisotopic (exact) mass is 312 g/mol. The third kappa shape index (κ3) is 4.19. The Labute approximate surface area is 130 Å². The molecule has 22 heavy (non-hydrogen) atoms. The fraction of sp³-hybridized carbons (Fsp3) is 0.800. The van der Waals surface area contributed by atoms with Crippen LogP contribution in [0.4, 0.5) is 0 Å². The van der Waals surface area contributed by atoms with Crippen molar-refractivity contribution in [2.45, 2.75) is 51.2 Å². The van der Waals surface area contributed by atoms with E-state index in [4.69, 9.17) is 9.84 Å². The van der Waals surface area contributed by atoms with Crippen LogP contribution in [0.5, 0.6) is 0 Å². The Hall–Kier alpha value is -1.63. The highest BCUT2D eigenvalue weighted by Crippen LogP contribution is 2.20. The van der Waals surface area contributed by atoms with Crippen molar-refractivity contribution < 1.29 is 24.2 Å². The summed E-state index contributed by atoms with van der Waals surface area (Å²) in [7, 11) is 0. The van der Waals surface area contributed by atoms with Gasteiger partial charge in [-0.3, -0.25) is 14.4 Å². The van der Waals surface area contributed by atoms with Crippen LogP contribution < -0.4 is 0 Å². The van der Waals surface area contributed by atoms with E-state index in [2.05, 4.69) is 0 Å². The zero-order chi connectivity index (χ0) is 16.1. The Bertz CT molecular complexity index is 434. The first-order valence-electron chi connectivity index (χ1n) is 7.88. The van der Waals surface area contributed by atoms with Gasteiger partial charge in [-0.2, -0.15) is 0 Å². The third-order valence-electron chi connectivity index (χ3n) is 4.37. The number of rotatable bonds is 4. The van der Waals surface area contributed by atoms with Gasteiger partial charge in [0.1, 0.15) is 12.6 Å². The van der Waals surface area contributed by atoms with Crippen molar-refractivity contribution in [2.24, 2.45) is 0 Å². The predicted octanol–water partition coefficient (Wildman–Crippen LogP) is 0.480. The number of carbonyl (C=O) groups is 3. The van der Waals surface area contributed by atoms with E-state index in [-0.39, 0.29) is 30.5 Å². The van der Waals surface area contributed by atoms with Crippen LogP contribution >= 0.6 is 0 Å². The van der Waals surface area contributed by atoms with Gasteiger partial charge in [0.25, 0.3) is 5.91 Å². The molecule has 0 aliphatic carbocycles. The summed E-state index contributed by atoms with van der Waals surface area (Å²) in [6.07, 6.45) is 3.49. The van der Waals surface area contributed by atoms with Crippen LogP contribution in [0.15, 0.2) is 0 Å². The number of hydrogen-bond donors (Lipinski definition) is 1. The van der Waals surface area contributed by atoms with Crippen molar-refractivity contribution in [2.75, 3.05) is 26.2 Å². The van der Waals surface area contributed by atoms with E-state index in [1.54, 1.807) is 4.90 Å². The molecule has 7 heteroatoms. The maximum atomic E-state index is 12.4. The summed E-state index contributed by atoms with van der Waals surface area (Å²) in [6.45, 7) is 2.95. The summed E-state index contributed by atoms with van der Waals surface area (Å²) < 4.78 is 5.44. The molecule has 0 aromatic rings. The number of ether oxygens (including phenoxy) is 1. The Morgan fingerprint density at radius 2 is 1.95 bits per heavy atom. The molecular formula is C15H24N2O5. The standard InChI is InChI=1S/C15H24N2O5/c1-11(18)17(10-14(19)20)12-4-2-7-16(8-6-12)15(21)13-5-3-9-22-13/h12-13H,2-10H2,1H3,(H,19,20). The van der Waals surface area contributed by atoms with Gasteiger partial charge in [-0.15, -0.1) is 0 Å². The summed E-state index contributed by atoms with van der Waals surface area (Å²) in [5, 5.41) is 8.94. The normalized spacial score (nSPS) is 25.6. The topological polar surface area (TPSA) is 87.2 Å². The van der Waals surface area contributed by atoms with E-state index in [0.717, 1.165) is 25.7 Å². The molecule has 7 nitrogen and oxygen atoms in total. The lowest BCUT2D eigenvalue weighted by molar-refractivity contribution is -0.145. The van der Waals surface area contributed by atoms with E-state index >= 15 is 0 Å². The Kier molecular flexibility index (Phi) is 5.76. The molecule has 0 spiro atoms. The molecule has 2 atom stereocenters. The molecule has 2 amide bonds. The Morgan fingerprint density at radius 1 is 1.18 bits per heavy atom. The lowest BCUT2D eigenvalue weighted by Gasteiger charge is -2.29. The summed E-state index contributed by atoms with van der Waals surface area (Å²) in [5.41, 5.74) is 0. The van der Waals surface area contributed by atoms with Gasteiger partial charge in [-0.05, 0) is 32.1 Å². The Morgan fingerprint density at radius 3 is 2.55 bits per heavy atom. The lowest BCUT2D eigenvalue weighted by atomic mass is 10.1. The summed E-state index contributed by atoms with van der Waals surface area (Å²) in [5.74, 6) is -1.20. The van der Waals surface area contributed by atoms with Crippen molar-refractivity contribution in [3.05, 3.63) is 0 Å². The first-order chi connectivity index (χ1) is 10.5. The van der Waals surface area contributed by atoms with Crippen molar-refractivity contribution in [3.63, 3.8) is 0 Å². The average Bonchev–Trinajstić information content (AvgIpc) is 2.89. The van der Waals surface area contributed by atoms with Crippen LogP contribution in [0, 0.1) is 0 Å². The summed E-state index contributed by atoms with van der Waals surface area (Å²) in [4.78, 5) is 38.2. The zero-order valence-corrected chi connectivity index (χ0v) is 13.0. The van der Waals surface area contributed by atoms with Crippen molar-refractivity contribution in [3.8, 4) is 0 Å². The second kappa shape index (κ2) is 7.58. The number of likely N-dealkylation sites (tertiary alicyclic amines) is 1. The highest BCUT2D eigenvalue weighted by atomic mass is 16.5. The van der Waals surface area contributed by atoms with Crippen LogP contribution in [0.3, 0.4) is 0 Å². The van der Waals surface area contributed by atoms with E-state index in [1.807, 2.05) is 0 Å². The maximum absolute atomic E-state index is 12.4. The minimum absolute atomic E-state index is 0.0331. The van der Waals surface area contributed by atoms with Crippen LogP contribution in [-0.2, 0) is 19.1 Å². The van der Waals surface area contributed by atoms with Gasteiger partial charge in [0, 0.05) is 32.7 Å². The van der Waals surface area contributed by atoms with Crippen LogP contribution in [0.1, 0.15) is 39.0 Å². The van der Waals surface area contributed by atoms with Crippen molar-refractivity contribution in [1.82, 2.24) is 9.80 Å². The van der Waals surface area contributed by atoms with Gasteiger partial charge in [0.05, 0.1) is 0 Å². The van der Waals surface area contributed by atoms with Gasteiger partial charge in [0.2, 0.25) is 5.91 Å². The first-order valence-corrected chi connectivity index (χ1v) is 7.88. The fourth-order valence-electron chi connectivity index (χ4n) is 3.23. The number of carboxylic acids is 1. The maximum Gasteiger partial charge on any atom is 0.323 e. The molecule has 0 aromatic carbocycles. The largest absolute Gasteiger partial charge is 0.480 e. The molecule has 1 N–H and O–H groups in total. The number of carboxylic acid groups (broad SMARTS) is 1. The number of nitrogens with zero attached hydrogens (tertiary/aromatic N) is 2. The molecule has 0 radical (unpaired) electrons. The average molecular weight is 312 g/mol. The molecule has 124 valence electrons. The number of aliphatic carboxylic acids is 1. The molecule has 2 saturated heterocycles. The molecular weight excluding hydrogens is 288 g/mol. The zero-order valence-electron chi connectivity index (χ0n) is 13.0. The molecule has 0 bridgehead atoms. The van der Waals surface area contributed by atoms with Crippen molar-refractivity contribution in [1.29, 1.82) is 0 Å².